The Kier molecular flexibility index (Phi) is 3.77. The monoisotopic (exact) mass is 248 g/mol. The number of carboxylic acid groups (broad SMARTS) is 1. The van der Waals surface area contributed by atoms with Gasteiger partial charge in [-0.3, -0.25) is 0 Å². The number of carboxylic acids is 1. The molecule has 1 N–H and O–H groups in total. The molecule has 0 bridgehead atoms. The van der Waals surface area contributed by atoms with E-state index in [9.17, 15) is 18.0 Å². The highest BCUT2D eigenvalue weighted by atomic mass is 19.4. The molecular formula is C11H11F3O3. The molecule has 0 aliphatic heterocycles. The molecule has 0 aliphatic carbocycles. The third kappa shape index (κ3) is 2.58. The van der Waals surface area contributed by atoms with Crippen LogP contribution in [0.4, 0.5) is 13.2 Å². The Bertz CT molecular complexity index is 389. The molecule has 1 aromatic rings. The standard InChI is InChI=1S/C11H11F3O3/c1-17-10(9(15)16,11(12,13)14)7-8-5-3-2-4-6-8/h2-6H,7H2,1H3,(H,15,16)/t10-/m1/s1. The van der Waals surface area contributed by atoms with Gasteiger partial charge in [-0.1, -0.05) is 30.3 Å². The largest absolute Gasteiger partial charge is 0.479 e. The first kappa shape index (κ1) is 13.5. The van der Waals surface area contributed by atoms with Crippen LogP contribution in [0.2, 0.25) is 0 Å². The van der Waals surface area contributed by atoms with Crippen molar-refractivity contribution >= 4 is 5.97 Å². The summed E-state index contributed by atoms with van der Waals surface area (Å²) in [7, 11) is 0.741. The Labute approximate surface area is 95.8 Å². The van der Waals surface area contributed by atoms with Gasteiger partial charge in [-0.2, -0.15) is 13.2 Å². The molecule has 17 heavy (non-hydrogen) atoms. The van der Waals surface area contributed by atoms with E-state index >= 15 is 0 Å². The average molecular weight is 248 g/mol. The summed E-state index contributed by atoms with van der Waals surface area (Å²) in [6.07, 6.45) is -5.74. The van der Waals surface area contributed by atoms with Gasteiger partial charge >= 0.3 is 12.1 Å². The minimum absolute atomic E-state index is 0.245. The number of halogens is 3. The second-order valence-corrected chi connectivity index (χ2v) is 3.50. The number of methoxy groups -OCH3 is 1. The molecule has 0 radical (unpaired) electrons. The van der Waals surface area contributed by atoms with E-state index in [1.807, 2.05) is 0 Å². The van der Waals surface area contributed by atoms with Crippen molar-refractivity contribution in [2.45, 2.75) is 18.2 Å². The summed E-state index contributed by atoms with van der Waals surface area (Å²) >= 11 is 0. The van der Waals surface area contributed by atoms with Gasteiger partial charge in [-0.25, -0.2) is 4.79 Å². The molecular weight excluding hydrogens is 237 g/mol. The van der Waals surface area contributed by atoms with Crippen LogP contribution in [0.5, 0.6) is 0 Å². The molecule has 6 heteroatoms. The van der Waals surface area contributed by atoms with Crippen molar-refractivity contribution in [2.75, 3.05) is 7.11 Å². The number of aliphatic carboxylic acids is 1. The van der Waals surface area contributed by atoms with E-state index in [2.05, 4.69) is 4.74 Å². The van der Waals surface area contributed by atoms with E-state index in [0.29, 0.717) is 0 Å². The molecule has 0 amide bonds. The van der Waals surface area contributed by atoms with E-state index in [-0.39, 0.29) is 5.56 Å². The first-order valence-corrected chi connectivity index (χ1v) is 4.72. The summed E-state index contributed by atoms with van der Waals surface area (Å²) in [5, 5.41) is 8.78. The van der Waals surface area contributed by atoms with Crippen LogP contribution in [-0.2, 0) is 16.0 Å². The maximum absolute atomic E-state index is 12.8. The Morgan fingerprint density at radius 1 is 1.29 bits per heavy atom. The number of hydrogen-bond acceptors (Lipinski definition) is 2. The van der Waals surface area contributed by atoms with Gasteiger partial charge in [0.05, 0.1) is 0 Å². The zero-order valence-electron chi connectivity index (χ0n) is 8.99. The zero-order valence-corrected chi connectivity index (χ0v) is 8.99. The van der Waals surface area contributed by atoms with Gasteiger partial charge < -0.3 is 9.84 Å². The molecule has 1 atom stereocenters. The zero-order chi connectivity index (χ0) is 13.1. The van der Waals surface area contributed by atoms with Gasteiger partial charge in [-0.15, -0.1) is 0 Å². The van der Waals surface area contributed by atoms with Crippen molar-refractivity contribution in [1.29, 1.82) is 0 Å². The van der Waals surface area contributed by atoms with Crippen LogP contribution in [0, 0.1) is 0 Å². The maximum atomic E-state index is 12.8. The second kappa shape index (κ2) is 4.75. The van der Waals surface area contributed by atoms with E-state index < -0.39 is 24.2 Å². The van der Waals surface area contributed by atoms with Crippen LogP contribution in [0.25, 0.3) is 0 Å². The molecule has 3 nitrogen and oxygen atoms in total. The third-order valence-electron chi connectivity index (χ3n) is 2.45. The minimum atomic E-state index is -4.98. The van der Waals surface area contributed by atoms with Crippen LogP contribution in [0.1, 0.15) is 5.56 Å². The maximum Gasteiger partial charge on any atom is 0.428 e. The molecule has 1 aromatic carbocycles. The van der Waals surface area contributed by atoms with Crippen LogP contribution in [0.15, 0.2) is 30.3 Å². The fourth-order valence-electron chi connectivity index (χ4n) is 1.46. The highest BCUT2D eigenvalue weighted by molar-refractivity contribution is 5.79. The summed E-state index contributed by atoms with van der Waals surface area (Å²) in [6.45, 7) is 0. The lowest BCUT2D eigenvalue weighted by atomic mass is 9.93. The predicted octanol–water partition coefficient (Wildman–Crippen LogP) is 2.26. The minimum Gasteiger partial charge on any atom is -0.479 e. The lowest BCUT2D eigenvalue weighted by Gasteiger charge is -2.30. The molecule has 1 rings (SSSR count). The number of ether oxygens (including phenoxy) is 1. The smallest absolute Gasteiger partial charge is 0.428 e. The predicted molar refractivity (Wildman–Crippen MR) is 53.6 cm³/mol. The first-order chi connectivity index (χ1) is 7.83. The van der Waals surface area contributed by atoms with E-state index in [1.54, 1.807) is 6.07 Å². The van der Waals surface area contributed by atoms with E-state index in [0.717, 1.165) is 7.11 Å². The van der Waals surface area contributed by atoms with Crippen LogP contribution < -0.4 is 0 Å². The molecule has 0 saturated heterocycles. The van der Waals surface area contributed by atoms with Gasteiger partial charge in [0.15, 0.2) is 0 Å². The molecule has 0 aliphatic rings. The number of benzene rings is 1. The van der Waals surface area contributed by atoms with Crippen LogP contribution in [-0.4, -0.2) is 30.0 Å². The van der Waals surface area contributed by atoms with Crippen molar-refractivity contribution < 1.29 is 27.8 Å². The number of alkyl halides is 3. The van der Waals surface area contributed by atoms with Crippen molar-refractivity contribution in [3.63, 3.8) is 0 Å². The topological polar surface area (TPSA) is 46.5 Å². The van der Waals surface area contributed by atoms with Crippen molar-refractivity contribution in [3.8, 4) is 0 Å². The normalized spacial score (nSPS) is 15.3. The summed E-state index contributed by atoms with van der Waals surface area (Å²) in [5.41, 5.74) is -2.96. The average Bonchev–Trinajstić information content (AvgIpc) is 2.25. The third-order valence-corrected chi connectivity index (χ3v) is 2.45. The van der Waals surface area contributed by atoms with Gasteiger partial charge in [-0.05, 0) is 5.56 Å². The van der Waals surface area contributed by atoms with Crippen molar-refractivity contribution in [3.05, 3.63) is 35.9 Å². The number of rotatable bonds is 4. The number of carbonyl (C=O) groups is 1. The van der Waals surface area contributed by atoms with Gasteiger partial charge in [0.2, 0.25) is 0 Å². The lowest BCUT2D eigenvalue weighted by molar-refractivity contribution is -0.267. The molecule has 0 fully saturated rings. The summed E-state index contributed by atoms with van der Waals surface area (Å²) < 4.78 is 42.7. The molecule has 0 unspecified atom stereocenters. The first-order valence-electron chi connectivity index (χ1n) is 4.72. The molecule has 0 aromatic heterocycles. The molecule has 0 saturated carbocycles. The van der Waals surface area contributed by atoms with E-state index in [4.69, 9.17) is 5.11 Å². The lowest BCUT2D eigenvalue weighted by Crippen LogP contribution is -2.55. The molecule has 0 heterocycles. The van der Waals surface area contributed by atoms with Gasteiger partial charge in [0.25, 0.3) is 5.60 Å². The van der Waals surface area contributed by atoms with Gasteiger partial charge in [0, 0.05) is 13.5 Å². The Balaban J connectivity index is 3.13. The highest BCUT2D eigenvalue weighted by Crippen LogP contribution is 2.36. The van der Waals surface area contributed by atoms with Crippen molar-refractivity contribution in [1.82, 2.24) is 0 Å². The SMILES string of the molecule is CO[C@](Cc1ccccc1)(C(=O)O)C(F)(F)F. The molecule has 94 valence electrons. The summed E-state index contributed by atoms with van der Waals surface area (Å²) in [5.74, 6) is -2.05. The van der Waals surface area contributed by atoms with Crippen molar-refractivity contribution in [2.24, 2.45) is 0 Å². The Hall–Kier alpha value is -1.56. The van der Waals surface area contributed by atoms with Crippen LogP contribution >= 0.6 is 0 Å². The van der Waals surface area contributed by atoms with Gasteiger partial charge in [0.1, 0.15) is 0 Å². The van der Waals surface area contributed by atoms with Crippen LogP contribution in [0.3, 0.4) is 0 Å². The quantitative estimate of drug-likeness (QED) is 0.889. The number of hydrogen-bond donors (Lipinski definition) is 1. The highest BCUT2D eigenvalue weighted by Gasteiger charge is 2.61. The fraction of sp³-hybridized carbons (Fsp3) is 0.364. The Morgan fingerprint density at radius 2 is 1.82 bits per heavy atom. The van der Waals surface area contributed by atoms with E-state index in [1.165, 1.54) is 24.3 Å². The fourth-order valence-corrected chi connectivity index (χ4v) is 1.46. The second-order valence-electron chi connectivity index (χ2n) is 3.50. The summed E-state index contributed by atoms with van der Waals surface area (Å²) in [4.78, 5) is 10.9. The molecule has 0 spiro atoms. The summed E-state index contributed by atoms with van der Waals surface area (Å²) in [6, 6.07) is 7.54. The Morgan fingerprint density at radius 3 is 2.18 bits per heavy atom.